The molecule has 0 bridgehead atoms. The molecule has 0 saturated carbocycles. The van der Waals surface area contributed by atoms with Crippen molar-refractivity contribution in [3.63, 3.8) is 0 Å². The number of ether oxygens (including phenoxy) is 1. The van der Waals surface area contributed by atoms with Crippen molar-refractivity contribution in [3.8, 4) is 5.75 Å². The molecular weight excluding hydrogens is 252 g/mol. The molecule has 4 nitrogen and oxygen atoms in total. The standard InChI is InChI=1S/C16H16N2O2/c1-20-15-9-5-4-8-14(15)18-11-10-12-6-2-3-7-13(12)17-16(18)19/h2-9H,10-11H2,1H3,(H,17,19). The summed E-state index contributed by atoms with van der Waals surface area (Å²) in [5.41, 5.74) is 2.83. The van der Waals surface area contributed by atoms with Crippen LogP contribution < -0.4 is 15.0 Å². The van der Waals surface area contributed by atoms with Crippen molar-refractivity contribution >= 4 is 17.4 Å². The fourth-order valence-electron chi connectivity index (χ4n) is 2.46. The Labute approximate surface area is 118 Å². The van der Waals surface area contributed by atoms with Gasteiger partial charge in [0.1, 0.15) is 5.75 Å². The monoisotopic (exact) mass is 268 g/mol. The molecule has 0 radical (unpaired) electrons. The third-order valence-corrected chi connectivity index (χ3v) is 3.48. The van der Waals surface area contributed by atoms with Crippen molar-refractivity contribution in [1.82, 2.24) is 0 Å². The van der Waals surface area contributed by atoms with Gasteiger partial charge in [0.25, 0.3) is 0 Å². The molecule has 4 heteroatoms. The van der Waals surface area contributed by atoms with E-state index in [-0.39, 0.29) is 6.03 Å². The van der Waals surface area contributed by atoms with Gasteiger partial charge in [-0.1, -0.05) is 30.3 Å². The Bertz CT molecular complexity index is 640. The van der Waals surface area contributed by atoms with E-state index in [1.807, 2.05) is 48.5 Å². The van der Waals surface area contributed by atoms with E-state index < -0.39 is 0 Å². The number of hydrogen-bond donors (Lipinski definition) is 1. The van der Waals surface area contributed by atoms with Gasteiger partial charge in [0, 0.05) is 12.2 Å². The number of carbonyl (C=O) groups excluding carboxylic acids is 1. The minimum atomic E-state index is -0.126. The Balaban J connectivity index is 1.95. The van der Waals surface area contributed by atoms with Crippen molar-refractivity contribution in [1.29, 1.82) is 0 Å². The molecule has 0 atom stereocenters. The number of anilines is 2. The van der Waals surface area contributed by atoms with E-state index >= 15 is 0 Å². The smallest absolute Gasteiger partial charge is 0.326 e. The molecular formula is C16H16N2O2. The highest BCUT2D eigenvalue weighted by molar-refractivity contribution is 6.03. The van der Waals surface area contributed by atoms with E-state index in [1.165, 1.54) is 0 Å². The molecule has 0 saturated heterocycles. The number of rotatable bonds is 2. The van der Waals surface area contributed by atoms with Gasteiger partial charge in [0.05, 0.1) is 12.8 Å². The van der Waals surface area contributed by atoms with Crippen LogP contribution in [0.2, 0.25) is 0 Å². The first-order valence-corrected chi connectivity index (χ1v) is 6.59. The van der Waals surface area contributed by atoms with Gasteiger partial charge in [-0.15, -0.1) is 0 Å². The highest BCUT2D eigenvalue weighted by atomic mass is 16.5. The van der Waals surface area contributed by atoms with Crippen LogP contribution in [0.1, 0.15) is 5.56 Å². The molecule has 1 heterocycles. The summed E-state index contributed by atoms with van der Waals surface area (Å²) >= 11 is 0. The van der Waals surface area contributed by atoms with Crippen LogP contribution in [0.4, 0.5) is 16.2 Å². The zero-order valence-electron chi connectivity index (χ0n) is 11.3. The summed E-state index contributed by atoms with van der Waals surface area (Å²) in [4.78, 5) is 14.1. The lowest BCUT2D eigenvalue weighted by atomic mass is 10.1. The molecule has 0 aromatic heterocycles. The fourth-order valence-corrected chi connectivity index (χ4v) is 2.46. The Hall–Kier alpha value is -2.49. The predicted octanol–water partition coefficient (Wildman–Crippen LogP) is 3.29. The zero-order chi connectivity index (χ0) is 13.9. The predicted molar refractivity (Wildman–Crippen MR) is 79.5 cm³/mol. The van der Waals surface area contributed by atoms with Crippen LogP contribution in [0.5, 0.6) is 5.75 Å². The molecule has 102 valence electrons. The van der Waals surface area contributed by atoms with Gasteiger partial charge in [-0.3, -0.25) is 4.90 Å². The van der Waals surface area contributed by atoms with Crippen molar-refractivity contribution in [2.45, 2.75) is 6.42 Å². The summed E-state index contributed by atoms with van der Waals surface area (Å²) in [5.74, 6) is 0.702. The van der Waals surface area contributed by atoms with E-state index in [0.29, 0.717) is 12.3 Å². The number of methoxy groups -OCH3 is 1. The van der Waals surface area contributed by atoms with E-state index in [0.717, 1.165) is 23.4 Å². The first-order chi connectivity index (χ1) is 9.79. The van der Waals surface area contributed by atoms with E-state index in [2.05, 4.69) is 5.32 Å². The summed E-state index contributed by atoms with van der Waals surface area (Å²) in [6, 6.07) is 15.3. The van der Waals surface area contributed by atoms with Crippen LogP contribution in [0.25, 0.3) is 0 Å². The van der Waals surface area contributed by atoms with Crippen LogP contribution in [0.3, 0.4) is 0 Å². The molecule has 0 spiro atoms. The number of hydrogen-bond acceptors (Lipinski definition) is 2. The topological polar surface area (TPSA) is 41.6 Å². The second kappa shape index (κ2) is 5.25. The molecule has 2 amide bonds. The number of para-hydroxylation sites is 3. The van der Waals surface area contributed by atoms with Crippen molar-refractivity contribution in [2.75, 3.05) is 23.9 Å². The fraction of sp³-hybridized carbons (Fsp3) is 0.188. The average Bonchev–Trinajstić information content (AvgIpc) is 2.65. The number of nitrogens with one attached hydrogen (secondary N) is 1. The Morgan fingerprint density at radius 3 is 2.70 bits per heavy atom. The maximum absolute atomic E-state index is 12.4. The van der Waals surface area contributed by atoms with Gasteiger partial charge in [-0.05, 0) is 30.2 Å². The molecule has 0 aliphatic carbocycles. The summed E-state index contributed by atoms with van der Waals surface area (Å²) in [5, 5.41) is 2.95. The second-order valence-corrected chi connectivity index (χ2v) is 4.66. The Morgan fingerprint density at radius 1 is 1.10 bits per heavy atom. The van der Waals surface area contributed by atoms with Crippen LogP contribution in [-0.2, 0) is 6.42 Å². The van der Waals surface area contributed by atoms with Gasteiger partial charge < -0.3 is 10.1 Å². The van der Waals surface area contributed by atoms with Gasteiger partial charge in [0.2, 0.25) is 0 Å². The number of benzene rings is 2. The third kappa shape index (κ3) is 2.20. The van der Waals surface area contributed by atoms with Gasteiger partial charge in [0.15, 0.2) is 0 Å². The van der Waals surface area contributed by atoms with Crippen molar-refractivity contribution in [2.24, 2.45) is 0 Å². The summed E-state index contributed by atoms with van der Waals surface area (Å²) < 4.78 is 5.34. The Kier molecular flexibility index (Phi) is 3.29. The lowest BCUT2D eigenvalue weighted by Crippen LogP contribution is -2.34. The van der Waals surface area contributed by atoms with Crippen LogP contribution in [0.15, 0.2) is 48.5 Å². The quantitative estimate of drug-likeness (QED) is 0.908. The van der Waals surface area contributed by atoms with E-state index in [9.17, 15) is 4.79 Å². The summed E-state index contributed by atoms with van der Waals surface area (Å²) in [6.45, 7) is 0.628. The molecule has 1 aliphatic rings. The minimum Gasteiger partial charge on any atom is -0.495 e. The molecule has 1 N–H and O–H groups in total. The van der Waals surface area contributed by atoms with E-state index in [1.54, 1.807) is 12.0 Å². The summed E-state index contributed by atoms with van der Waals surface area (Å²) in [6.07, 6.45) is 0.812. The molecule has 20 heavy (non-hydrogen) atoms. The third-order valence-electron chi connectivity index (χ3n) is 3.48. The molecule has 0 fully saturated rings. The number of carbonyl (C=O) groups is 1. The molecule has 2 aromatic rings. The van der Waals surface area contributed by atoms with E-state index in [4.69, 9.17) is 4.74 Å². The maximum atomic E-state index is 12.4. The highest BCUT2D eigenvalue weighted by Crippen LogP contribution is 2.30. The molecule has 2 aromatic carbocycles. The average molecular weight is 268 g/mol. The molecule has 0 unspecified atom stereocenters. The van der Waals surface area contributed by atoms with Crippen LogP contribution in [0, 0.1) is 0 Å². The largest absolute Gasteiger partial charge is 0.495 e. The minimum absolute atomic E-state index is 0.126. The zero-order valence-corrected chi connectivity index (χ0v) is 11.3. The molecule has 3 rings (SSSR count). The maximum Gasteiger partial charge on any atom is 0.326 e. The van der Waals surface area contributed by atoms with Crippen LogP contribution >= 0.6 is 0 Å². The lowest BCUT2D eigenvalue weighted by Gasteiger charge is -2.22. The second-order valence-electron chi connectivity index (χ2n) is 4.66. The number of amides is 2. The van der Waals surface area contributed by atoms with Crippen molar-refractivity contribution in [3.05, 3.63) is 54.1 Å². The van der Waals surface area contributed by atoms with Crippen molar-refractivity contribution < 1.29 is 9.53 Å². The van der Waals surface area contributed by atoms with Crippen LogP contribution in [-0.4, -0.2) is 19.7 Å². The number of nitrogens with zero attached hydrogens (tertiary/aromatic N) is 1. The number of urea groups is 1. The normalized spacial score (nSPS) is 14.2. The van der Waals surface area contributed by atoms with Gasteiger partial charge in [-0.25, -0.2) is 4.79 Å². The van der Waals surface area contributed by atoms with Gasteiger partial charge >= 0.3 is 6.03 Å². The first-order valence-electron chi connectivity index (χ1n) is 6.59. The van der Waals surface area contributed by atoms with Gasteiger partial charge in [-0.2, -0.15) is 0 Å². The molecule has 1 aliphatic heterocycles. The first kappa shape index (κ1) is 12.5. The SMILES string of the molecule is COc1ccccc1N1CCc2ccccc2NC1=O. The lowest BCUT2D eigenvalue weighted by molar-refractivity contribution is 0.257. The highest BCUT2D eigenvalue weighted by Gasteiger charge is 2.23. The Morgan fingerprint density at radius 2 is 1.85 bits per heavy atom. The summed E-state index contributed by atoms with van der Waals surface area (Å²) in [7, 11) is 1.61. The number of fused-ring (bicyclic) bond motifs is 1.